The Hall–Kier alpha value is -2.43. The summed E-state index contributed by atoms with van der Waals surface area (Å²) in [5, 5.41) is 2.08. The third-order valence-corrected chi connectivity index (χ3v) is 6.58. The predicted octanol–water partition coefficient (Wildman–Crippen LogP) is 4.89. The number of likely N-dealkylation sites (tertiary alicyclic amines) is 1. The lowest BCUT2D eigenvalue weighted by Crippen LogP contribution is -2.35. The first-order valence-electron chi connectivity index (χ1n) is 9.69. The lowest BCUT2D eigenvalue weighted by molar-refractivity contribution is 0.0787. The first-order chi connectivity index (χ1) is 13.5. The van der Waals surface area contributed by atoms with Crippen LogP contribution in [0.3, 0.4) is 0 Å². The van der Waals surface area contributed by atoms with Crippen LogP contribution in [0.4, 0.5) is 0 Å². The van der Waals surface area contributed by atoms with Crippen LogP contribution in [0, 0.1) is 6.92 Å². The van der Waals surface area contributed by atoms with E-state index < -0.39 is 0 Å². The summed E-state index contributed by atoms with van der Waals surface area (Å²) in [5.41, 5.74) is 4.86. The van der Waals surface area contributed by atoms with E-state index in [1.165, 1.54) is 11.1 Å². The number of hydrogen-bond acceptors (Lipinski definition) is 3. The van der Waals surface area contributed by atoms with E-state index in [1.54, 1.807) is 11.3 Å². The van der Waals surface area contributed by atoms with Gasteiger partial charge in [0.15, 0.2) is 0 Å². The Morgan fingerprint density at radius 1 is 1.00 bits per heavy atom. The van der Waals surface area contributed by atoms with Gasteiger partial charge in [0.25, 0.3) is 5.91 Å². The van der Waals surface area contributed by atoms with E-state index >= 15 is 0 Å². The molecule has 2 heterocycles. The normalized spacial score (nSPS) is 19.4. The van der Waals surface area contributed by atoms with Crippen LogP contribution in [0.1, 0.15) is 26.7 Å². The van der Waals surface area contributed by atoms with Gasteiger partial charge in [-0.25, -0.2) is 0 Å². The van der Waals surface area contributed by atoms with E-state index in [1.807, 2.05) is 29.2 Å². The fourth-order valence-corrected chi connectivity index (χ4v) is 4.89. The van der Waals surface area contributed by atoms with Crippen LogP contribution in [0.5, 0.6) is 0 Å². The largest absolute Gasteiger partial charge is 0.336 e. The smallest absolute Gasteiger partial charge is 0.264 e. The molecule has 0 radical (unpaired) electrons. The molecule has 0 aliphatic carbocycles. The molecule has 3 aromatic rings. The molecule has 0 N–H and O–H groups in total. The fraction of sp³-hybridized carbons (Fsp3) is 0.292. The van der Waals surface area contributed by atoms with Crippen molar-refractivity contribution in [3.63, 3.8) is 0 Å². The number of amides is 1. The van der Waals surface area contributed by atoms with Gasteiger partial charge in [-0.2, -0.15) is 0 Å². The van der Waals surface area contributed by atoms with Crippen LogP contribution in [0.15, 0.2) is 66.0 Å². The van der Waals surface area contributed by atoms with Crippen molar-refractivity contribution in [3.8, 4) is 11.1 Å². The van der Waals surface area contributed by atoms with Gasteiger partial charge in [0, 0.05) is 25.0 Å². The average molecular weight is 391 g/mol. The molecule has 2 atom stereocenters. The Balaban J connectivity index is 1.55. The van der Waals surface area contributed by atoms with Crippen LogP contribution in [-0.4, -0.2) is 48.9 Å². The average Bonchev–Trinajstić information content (AvgIpc) is 3.37. The standard InChI is InChI=1S/C24H26N2OS/c1-17-9-11-19(12-10-17)21-14-26(15-22(21)25(2)3)24(27)23-13-20(16-28-23)18-7-5-4-6-8-18/h4-13,16,21-22H,14-15H2,1-3H3. The van der Waals surface area contributed by atoms with Crippen molar-refractivity contribution in [2.45, 2.75) is 18.9 Å². The molecule has 1 aliphatic heterocycles. The van der Waals surface area contributed by atoms with Crippen molar-refractivity contribution in [2.24, 2.45) is 0 Å². The molecule has 4 heteroatoms. The molecule has 3 nitrogen and oxygen atoms in total. The lowest BCUT2D eigenvalue weighted by Gasteiger charge is -2.25. The van der Waals surface area contributed by atoms with Crippen LogP contribution in [0.25, 0.3) is 11.1 Å². The monoisotopic (exact) mass is 390 g/mol. The summed E-state index contributed by atoms with van der Waals surface area (Å²) in [5.74, 6) is 0.488. The van der Waals surface area contributed by atoms with Crippen molar-refractivity contribution < 1.29 is 4.79 Å². The zero-order valence-corrected chi connectivity index (χ0v) is 17.4. The number of nitrogens with zero attached hydrogens (tertiary/aromatic N) is 2. The van der Waals surface area contributed by atoms with Gasteiger partial charge >= 0.3 is 0 Å². The van der Waals surface area contributed by atoms with Crippen molar-refractivity contribution in [2.75, 3.05) is 27.2 Å². The van der Waals surface area contributed by atoms with Crippen LogP contribution < -0.4 is 0 Å². The molecule has 2 unspecified atom stereocenters. The highest BCUT2D eigenvalue weighted by atomic mass is 32.1. The second-order valence-electron chi connectivity index (χ2n) is 7.82. The number of hydrogen-bond donors (Lipinski definition) is 0. The lowest BCUT2D eigenvalue weighted by atomic mass is 9.93. The highest BCUT2D eigenvalue weighted by molar-refractivity contribution is 7.12. The van der Waals surface area contributed by atoms with Gasteiger partial charge in [0.2, 0.25) is 0 Å². The molecule has 0 spiro atoms. The van der Waals surface area contributed by atoms with Crippen molar-refractivity contribution in [1.29, 1.82) is 0 Å². The first kappa shape index (κ1) is 18.9. The number of carbonyl (C=O) groups is 1. The maximum absolute atomic E-state index is 13.2. The zero-order chi connectivity index (χ0) is 19.7. The number of benzene rings is 2. The molecule has 0 saturated carbocycles. The molecule has 1 aromatic heterocycles. The molecule has 1 saturated heterocycles. The zero-order valence-electron chi connectivity index (χ0n) is 16.6. The second kappa shape index (κ2) is 7.90. The van der Waals surface area contributed by atoms with Crippen LogP contribution in [0.2, 0.25) is 0 Å². The van der Waals surface area contributed by atoms with Gasteiger partial charge in [-0.05, 0) is 49.2 Å². The van der Waals surface area contributed by atoms with Crippen LogP contribution >= 0.6 is 11.3 Å². The minimum absolute atomic E-state index is 0.147. The van der Waals surface area contributed by atoms with Crippen molar-refractivity contribution in [1.82, 2.24) is 9.80 Å². The second-order valence-corrected chi connectivity index (χ2v) is 8.74. The first-order valence-corrected chi connectivity index (χ1v) is 10.6. The van der Waals surface area contributed by atoms with E-state index in [-0.39, 0.29) is 5.91 Å². The van der Waals surface area contributed by atoms with Gasteiger partial charge < -0.3 is 9.80 Å². The van der Waals surface area contributed by atoms with E-state index in [9.17, 15) is 4.79 Å². The SMILES string of the molecule is Cc1ccc(C2CN(C(=O)c3cc(-c4ccccc4)cs3)CC2N(C)C)cc1. The Bertz CT molecular complexity index is 946. The van der Waals surface area contributed by atoms with E-state index in [2.05, 4.69) is 67.7 Å². The van der Waals surface area contributed by atoms with Gasteiger partial charge in [-0.1, -0.05) is 60.2 Å². The summed E-state index contributed by atoms with van der Waals surface area (Å²) in [6.45, 7) is 3.64. The molecule has 0 bridgehead atoms. The summed E-state index contributed by atoms with van der Waals surface area (Å²) in [6, 6.07) is 21.4. The number of likely N-dealkylation sites (N-methyl/N-ethyl adjacent to an activating group) is 1. The van der Waals surface area contributed by atoms with Crippen LogP contribution in [-0.2, 0) is 0 Å². The molecule has 4 rings (SSSR count). The third kappa shape index (κ3) is 3.75. The third-order valence-electron chi connectivity index (χ3n) is 5.66. The molecule has 1 aliphatic rings. The summed E-state index contributed by atoms with van der Waals surface area (Å²) >= 11 is 1.54. The van der Waals surface area contributed by atoms with Crippen molar-refractivity contribution >= 4 is 17.2 Å². The minimum atomic E-state index is 0.147. The van der Waals surface area contributed by atoms with Gasteiger partial charge in [-0.15, -0.1) is 11.3 Å². The Morgan fingerprint density at radius 3 is 2.39 bits per heavy atom. The highest BCUT2D eigenvalue weighted by Crippen LogP contribution is 2.33. The summed E-state index contributed by atoms with van der Waals surface area (Å²) in [4.78, 5) is 18.3. The van der Waals surface area contributed by atoms with E-state index in [0.29, 0.717) is 12.0 Å². The maximum atomic E-state index is 13.2. The number of rotatable bonds is 4. The number of carbonyl (C=O) groups excluding carboxylic acids is 1. The molecule has 1 amide bonds. The molecular weight excluding hydrogens is 364 g/mol. The summed E-state index contributed by atoms with van der Waals surface area (Å²) in [6.07, 6.45) is 0. The summed E-state index contributed by atoms with van der Waals surface area (Å²) in [7, 11) is 4.22. The Kier molecular flexibility index (Phi) is 5.33. The van der Waals surface area contributed by atoms with Gasteiger partial charge in [0.1, 0.15) is 0 Å². The Labute approximate surface area is 171 Å². The molecule has 1 fully saturated rings. The topological polar surface area (TPSA) is 23.6 Å². The number of thiophene rings is 1. The number of aryl methyl sites for hydroxylation is 1. The maximum Gasteiger partial charge on any atom is 0.264 e. The summed E-state index contributed by atoms with van der Waals surface area (Å²) < 4.78 is 0. The quantitative estimate of drug-likeness (QED) is 0.633. The molecule has 28 heavy (non-hydrogen) atoms. The predicted molar refractivity (Wildman–Crippen MR) is 117 cm³/mol. The van der Waals surface area contributed by atoms with Gasteiger partial charge in [0.05, 0.1) is 4.88 Å². The van der Waals surface area contributed by atoms with E-state index in [4.69, 9.17) is 0 Å². The highest BCUT2D eigenvalue weighted by Gasteiger charge is 2.37. The van der Waals surface area contributed by atoms with Gasteiger partial charge in [-0.3, -0.25) is 4.79 Å². The molecular formula is C24H26N2OS. The Morgan fingerprint density at radius 2 is 1.71 bits per heavy atom. The minimum Gasteiger partial charge on any atom is -0.336 e. The van der Waals surface area contributed by atoms with Crippen molar-refractivity contribution in [3.05, 3.63) is 82.0 Å². The fourth-order valence-electron chi connectivity index (χ4n) is 4.00. The molecule has 2 aromatic carbocycles. The van der Waals surface area contributed by atoms with E-state index in [0.717, 1.165) is 29.1 Å². The molecule has 144 valence electrons.